The second-order valence-corrected chi connectivity index (χ2v) is 9.14. The Morgan fingerprint density at radius 1 is 1.12 bits per heavy atom. The van der Waals surface area contributed by atoms with Crippen LogP contribution in [-0.2, 0) is 20.5 Å². The van der Waals surface area contributed by atoms with Crippen LogP contribution >= 0.6 is 18.1 Å². The maximum Gasteiger partial charge on any atom is 0.410 e. The summed E-state index contributed by atoms with van der Waals surface area (Å²) in [5.41, 5.74) is -0.447. The molecule has 5 nitrogen and oxygen atoms in total. The minimum absolute atomic E-state index is 0.244. The third-order valence-corrected chi connectivity index (χ3v) is 5.21. The lowest BCUT2D eigenvalue weighted by Gasteiger charge is -2.31. The molecule has 2 atom stereocenters. The lowest BCUT2D eigenvalue weighted by atomic mass is 9.94. The molecule has 2 aromatic carbocycles. The van der Waals surface area contributed by atoms with Crippen LogP contribution in [-0.4, -0.2) is 17.6 Å². The number of hydrogen-bond acceptors (Lipinski definition) is 4. The first kappa shape index (κ1) is 20.5. The maximum atomic E-state index is 12.8. The Balaban J connectivity index is 2.24. The molecule has 0 bridgehead atoms. The number of para-hydroxylation sites is 1. The van der Waals surface area contributed by atoms with E-state index in [1.165, 1.54) is 0 Å². The monoisotopic (exact) mass is 395 g/mol. The average molecular weight is 396 g/mol. The fourth-order valence-corrected chi connectivity index (χ4v) is 4.44. The molecule has 0 saturated carbocycles. The summed E-state index contributed by atoms with van der Waals surface area (Å²) in [4.78, 5) is 12.7. The van der Waals surface area contributed by atoms with E-state index in [9.17, 15) is 9.36 Å². The van der Waals surface area contributed by atoms with Crippen molar-refractivity contribution >= 4 is 24.1 Å². The van der Waals surface area contributed by atoms with Crippen molar-refractivity contribution in [1.82, 2.24) is 5.09 Å². The highest BCUT2D eigenvalue weighted by Gasteiger charge is 2.42. The van der Waals surface area contributed by atoms with Crippen molar-refractivity contribution in [2.75, 3.05) is 0 Å². The molecule has 140 valence electrons. The van der Waals surface area contributed by atoms with Gasteiger partial charge in [-0.2, -0.15) is 0 Å². The lowest BCUT2D eigenvalue weighted by Crippen LogP contribution is -2.51. The minimum Gasteiger partial charge on any atom is -0.462 e. The Morgan fingerprint density at radius 3 is 2.19 bits per heavy atom. The van der Waals surface area contributed by atoms with Gasteiger partial charge >= 0.3 is 12.8 Å². The topological polar surface area (TPSA) is 64.6 Å². The van der Waals surface area contributed by atoms with Crippen molar-refractivity contribution in [3.63, 3.8) is 0 Å². The largest absolute Gasteiger partial charge is 0.462 e. The van der Waals surface area contributed by atoms with Gasteiger partial charge in [0.25, 0.3) is 0 Å². The predicted octanol–water partition coefficient (Wildman–Crippen LogP) is 4.95. The van der Waals surface area contributed by atoms with E-state index in [-0.39, 0.29) is 12.5 Å². The van der Waals surface area contributed by atoms with Crippen LogP contribution in [0.1, 0.15) is 26.3 Å². The second kappa shape index (κ2) is 8.72. The molecule has 2 rings (SSSR count). The summed E-state index contributed by atoms with van der Waals surface area (Å²) >= 11 is 6.12. The quantitative estimate of drug-likeness (QED) is 0.505. The summed E-state index contributed by atoms with van der Waals surface area (Å²) in [5.74, 6) is -0.202. The van der Waals surface area contributed by atoms with Crippen LogP contribution in [0.5, 0.6) is 5.75 Å². The van der Waals surface area contributed by atoms with Gasteiger partial charge in [0.15, 0.2) is 0 Å². The standard InChI is InChI=1S/C19H23ClNO4P/c1-15(2)24-18(22)19(3,14-16-10-6-4-7-11-16)21-26(20,23)25-17-12-8-5-9-13-17/h4-13,15H,14H2,1-3H3,(H,21,23)/t19-,26?/m0/s1. The van der Waals surface area contributed by atoms with Gasteiger partial charge in [0, 0.05) is 17.7 Å². The zero-order valence-electron chi connectivity index (χ0n) is 15.0. The number of hydrogen-bond donors (Lipinski definition) is 1. The molecular formula is C19H23ClNO4P. The zero-order chi connectivity index (χ0) is 19.2. The Kier molecular flexibility index (Phi) is 6.87. The highest BCUT2D eigenvalue weighted by Crippen LogP contribution is 2.50. The van der Waals surface area contributed by atoms with Gasteiger partial charge in [-0.15, -0.1) is 0 Å². The van der Waals surface area contributed by atoms with Gasteiger partial charge in [0.1, 0.15) is 11.3 Å². The molecule has 0 spiro atoms. The molecule has 0 aromatic heterocycles. The Bertz CT molecular complexity index is 770. The van der Waals surface area contributed by atoms with Crippen LogP contribution in [0, 0.1) is 0 Å². The number of halogens is 1. The van der Waals surface area contributed by atoms with E-state index in [1.54, 1.807) is 51.1 Å². The van der Waals surface area contributed by atoms with E-state index in [0.29, 0.717) is 5.75 Å². The highest BCUT2D eigenvalue weighted by atomic mass is 35.7. The molecule has 0 aliphatic rings. The molecule has 0 saturated heterocycles. The normalized spacial score (nSPS) is 15.7. The minimum atomic E-state index is -3.85. The van der Waals surface area contributed by atoms with E-state index in [4.69, 9.17) is 20.5 Å². The first-order valence-corrected chi connectivity index (χ1v) is 10.8. The smallest absolute Gasteiger partial charge is 0.410 e. The highest BCUT2D eigenvalue weighted by molar-refractivity contribution is 7.84. The summed E-state index contributed by atoms with van der Waals surface area (Å²) in [6.45, 7) is 1.26. The van der Waals surface area contributed by atoms with Gasteiger partial charge in [0.2, 0.25) is 0 Å². The summed E-state index contributed by atoms with van der Waals surface area (Å²) in [7, 11) is 0. The second-order valence-electron chi connectivity index (χ2n) is 6.44. The fraction of sp³-hybridized carbons (Fsp3) is 0.316. The van der Waals surface area contributed by atoms with E-state index in [1.807, 2.05) is 30.3 Å². The van der Waals surface area contributed by atoms with E-state index in [0.717, 1.165) is 5.56 Å². The van der Waals surface area contributed by atoms with Gasteiger partial charge in [-0.25, -0.2) is 9.65 Å². The molecule has 0 aliphatic carbocycles. The molecule has 0 aliphatic heterocycles. The van der Waals surface area contributed by atoms with Gasteiger partial charge in [0.05, 0.1) is 6.10 Å². The first-order valence-electron chi connectivity index (χ1n) is 8.29. The van der Waals surface area contributed by atoms with Crippen LogP contribution in [0.2, 0.25) is 0 Å². The van der Waals surface area contributed by atoms with E-state index >= 15 is 0 Å². The summed E-state index contributed by atoms with van der Waals surface area (Å²) in [6, 6.07) is 17.9. The average Bonchev–Trinajstić information content (AvgIpc) is 2.55. The lowest BCUT2D eigenvalue weighted by molar-refractivity contribution is -0.154. The van der Waals surface area contributed by atoms with Gasteiger partial charge in [-0.1, -0.05) is 48.5 Å². The van der Waals surface area contributed by atoms with Crippen molar-refractivity contribution in [3.8, 4) is 5.75 Å². The van der Waals surface area contributed by atoms with Crippen molar-refractivity contribution in [2.45, 2.75) is 38.8 Å². The Morgan fingerprint density at radius 2 is 1.65 bits per heavy atom. The van der Waals surface area contributed by atoms with Crippen molar-refractivity contribution in [1.29, 1.82) is 0 Å². The number of rotatable bonds is 8. The van der Waals surface area contributed by atoms with E-state index < -0.39 is 18.4 Å². The van der Waals surface area contributed by atoms with Gasteiger partial charge in [-0.3, -0.25) is 4.79 Å². The molecule has 0 amide bonds. The predicted molar refractivity (Wildman–Crippen MR) is 103 cm³/mol. The van der Waals surface area contributed by atoms with Crippen LogP contribution < -0.4 is 9.61 Å². The first-order chi connectivity index (χ1) is 12.2. The van der Waals surface area contributed by atoms with Crippen molar-refractivity contribution in [2.24, 2.45) is 0 Å². The van der Waals surface area contributed by atoms with Gasteiger partial charge in [-0.05, 0) is 38.5 Å². The van der Waals surface area contributed by atoms with Crippen molar-refractivity contribution in [3.05, 3.63) is 66.2 Å². The number of carbonyl (C=O) groups is 1. The number of nitrogens with one attached hydrogen (secondary N) is 1. The molecular weight excluding hydrogens is 373 g/mol. The number of esters is 1. The van der Waals surface area contributed by atoms with Crippen LogP contribution in [0.15, 0.2) is 60.7 Å². The SMILES string of the molecule is CC(C)OC(=O)[C@](C)(Cc1ccccc1)NP(=O)(Cl)Oc1ccccc1. The third kappa shape index (κ3) is 6.17. The fourth-order valence-electron chi connectivity index (χ4n) is 2.44. The maximum absolute atomic E-state index is 12.8. The molecule has 1 N–H and O–H groups in total. The third-order valence-electron chi connectivity index (χ3n) is 3.54. The molecule has 2 aromatic rings. The molecule has 7 heteroatoms. The number of carbonyl (C=O) groups excluding carboxylic acids is 1. The van der Waals surface area contributed by atoms with Crippen LogP contribution in [0.25, 0.3) is 0 Å². The Labute approximate surface area is 159 Å². The Hall–Kier alpha value is -1.81. The number of benzene rings is 2. The molecule has 0 radical (unpaired) electrons. The van der Waals surface area contributed by atoms with Crippen molar-refractivity contribution < 1.29 is 18.6 Å². The summed E-state index contributed by atoms with van der Waals surface area (Å²) in [5, 5.41) is 2.70. The van der Waals surface area contributed by atoms with Crippen LogP contribution in [0.3, 0.4) is 0 Å². The molecule has 1 unspecified atom stereocenters. The summed E-state index contributed by atoms with van der Waals surface area (Å²) < 4.78 is 23.5. The summed E-state index contributed by atoms with van der Waals surface area (Å²) in [6.07, 6.45) is -0.0713. The molecule has 26 heavy (non-hydrogen) atoms. The van der Waals surface area contributed by atoms with E-state index in [2.05, 4.69) is 5.09 Å². The number of ether oxygens (including phenoxy) is 1. The van der Waals surface area contributed by atoms with Gasteiger partial charge < -0.3 is 9.26 Å². The molecule has 0 heterocycles. The molecule has 0 fully saturated rings. The van der Waals surface area contributed by atoms with Crippen LogP contribution in [0.4, 0.5) is 0 Å². The zero-order valence-corrected chi connectivity index (χ0v) is 16.7.